The maximum Gasteiger partial charge on any atom is 0.269 e. The van der Waals surface area contributed by atoms with Crippen molar-refractivity contribution in [3.63, 3.8) is 0 Å². The summed E-state index contributed by atoms with van der Waals surface area (Å²) in [6.45, 7) is 0.570. The minimum Gasteiger partial charge on any atom is -0.393 e. The molecule has 0 aliphatic heterocycles. The summed E-state index contributed by atoms with van der Waals surface area (Å²) in [7, 11) is 0. The molecule has 6 nitrogen and oxygen atoms in total. The first-order valence-corrected chi connectivity index (χ1v) is 6.93. The summed E-state index contributed by atoms with van der Waals surface area (Å²) in [4.78, 5) is 21.7. The summed E-state index contributed by atoms with van der Waals surface area (Å²) in [5.41, 5.74) is 0.753. The number of nitrogens with one attached hydrogen (secondary N) is 1. The van der Waals surface area contributed by atoms with E-state index < -0.39 is 4.92 Å². The molecule has 0 saturated heterocycles. The number of carbonyl (C=O) groups is 1. The highest BCUT2D eigenvalue weighted by molar-refractivity contribution is 5.91. The van der Waals surface area contributed by atoms with Crippen LogP contribution in [0.3, 0.4) is 0 Å². The fraction of sp³-hybridized carbons (Fsp3) is 0.400. The number of hydrogen-bond donors (Lipinski definition) is 2. The van der Waals surface area contributed by atoms with Gasteiger partial charge in [0.15, 0.2) is 0 Å². The molecule has 1 saturated carbocycles. The number of aliphatic hydroxyl groups is 1. The van der Waals surface area contributed by atoms with Gasteiger partial charge in [-0.1, -0.05) is 0 Å². The number of amides is 1. The monoisotopic (exact) mass is 290 g/mol. The quantitative estimate of drug-likeness (QED) is 0.492. The first-order chi connectivity index (χ1) is 10.0. The number of hydrogen-bond acceptors (Lipinski definition) is 4. The predicted molar refractivity (Wildman–Crippen MR) is 78.5 cm³/mol. The highest BCUT2D eigenvalue weighted by atomic mass is 16.6. The lowest BCUT2D eigenvalue weighted by atomic mass is 10.1. The Balaban J connectivity index is 1.80. The van der Waals surface area contributed by atoms with Gasteiger partial charge in [0, 0.05) is 24.8 Å². The number of nitro groups is 1. The van der Waals surface area contributed by atoms with Crippen LogP contribution in [0.25, 0.3) is 6.08 Å². The molecule has 2 rings (SSSR count). The topological polar surface area (TPSA) is 92.5 Å². The zero-order valence-corrected chi connectivity index (χ0v) is 11.6. The van der Waals surface area contributed by atoms with Gasteiger partial charge in [-0.15, -0.1) is 0 Å². The Bertz CT molecular complexity index is 539. The van der Waals surface area contributed by atoms with Crippen LogP contribution in [0.2, 0.25) is 0 Å². The third-order valence-electron chi connectivity index (χ3n) is 3.61. The predicted octanol–water partition coefficient (Wildman–Crippen LogP) is 1.89. The van der Waals surface area contributed by atoms with Gasteiger partial charge >= 0.3 is 0 Å². The summed E-state index contributed by atoms with van der Waals surface area (Å²) < 4.78 is 0. The molecule has 1 aromatic carbocycles. The van der Waals surface area contributed by atoms with E-state index in [1.54, 1.807) is 18.2 Å². The Morgan fingerprint density at radius 1 is 1.38 bits per heavy atom. The van der Waals surface area contributed by atoms with E-state index in [-0.39, 0.29) is 17.7 Å². The second-order valence-corrected chi connectivity index (χ2v) is 5.26. The van der Waals surface area contributed by atoms with E-state index in [9.17, 15) is 20.0 Å². The van der Waals surface area contributed by atoms with Gasteiger partial charge in [-0.2, -0.15) is 0 Å². The summed E-state index contributed by atoms with van der Waals surface area (Å²) in [6.07, 6.45) is 5.27. The van der Waals surface area contributed by atoms with Crippen molar-refractivity contribution >= 4 is 17.7 Å². The van der Waals surface area contributed by atoms with Gasteiger partial charge in [0.1, 0.15) is 0 Å². The fourth-order valence-electron chi connectivity index (χ4n) is 2.42. The summed E-state index contributed by atoms with van der Waals surface area (Å²) in [6, 6.07) is 5.99. The number of rotatable bonds is 5. The first-order valence-electron chi connectivity index (χ1n) is 6.93. The van der Waals surface area contributed by atoms with Crippen LogP contribution >= 0.6 is 0 Å². The molecule has 2 atom stereocenters. The normalized spacial score (nSPS) is 21.6. The zero-order valence-electron chi connectivity index (χ0n) is 11.6. The minimum atomic E-state index is -0.462. The maximum atomic E-state index is 11.7. The van der Waals surface area contributed by atoms with E-state index in [0.717, 1.165) is 24.8 Å². The average molecular weight is 290 g/mol. The molecule has 1 fully saturated rings. The molecule has 0 aromatic heterocycles. The number of aliphatic hydroxyl groups excluding tert-OH is 1. The Morgan fingerprint density at radius 2 is 2.10 bits per heavy atom. The van der Waals surface area contributed by atoms with E-state index in [1.165, 1.54) is 18.2 Å². The fourth-order valence-corrected chi connectivity index (χ4v) is 2.42. The van der Waals surface area contributed by atoms with Gasteiger partial charge in [-0.3, -0.25) is 14.9 Å². The van der Waals surface area contributed by atoms with E-state index in [4.69, 9.17) is 0 Å². The highest BCUT2D eigenvalue weighted by Crippen LogP contribution is 2.24. The molecule has 0 radical (unpaired) electrons. The SMILES string of the molecule is O=C(/C=C/c1ccc([N+](=O)[O-])cc1)NCC1CCC(O)C1. The largest absolute Gasteiger partial charge is 0.393 e. The van der Waals surface area contributed by atoms with Crippen molar-refractivity contribution in [2.75, 3.05) is 6.54 Å². The average Bonchev–Trinajstić information content (AvgIpc) is 2.89. The molecular weight excluding hydrogens is 272 g/mol. The number of nitro benzene ring substituents is 1. The van der Waals surface area contributed by atoms with Crippen LogP contribution in [0.1, 0.15) is 24.8 Å². The molecule has 21 heavy (non-hydrogen) atoms. The van der Waals surface area contributed by atoms with E-state index >= 15 is 0 Å². The standard InChI is InChI=1S/C15H18N2O4/c18-14-7-3-12(9-14)10-16-15(19)8-4-11-1-5-13(6-2-11)17(20)21/h1-2,4-6,8,12,14,18H,3,7,9-10H2,(H,16,19)/b8-4+. The Kier molecular flexibility index (Phi) is 5.05. The molecule has 1 aliphatic rings. The maximum absolute atomic E-state index is 11.7. The van der Waals surface area contributed by atoms with Gasteiger partial charge in [0.2, 0.25) is 5.91 Å². The summed E-state index contributed by atoms with van der Waals surface area (Å²) in [5, 5.41) is 22.7. The van der Waals surface area contributed by atoms with Crippen LogP contribution in [-0.2, 0) is 4.79 Å². The van der Waals surface area contributed by atoms with Crippen molar-refractivity contribution in [2.24, 2.45) is 5.92 Å². The van der Waals surface area contributed by atoms with Crippen LogP contribution in [0, 0.1) is 16.0 Å². The van der Waals surface area contributed by atoms with Crippen LogP contribution in [0.5, 0.6) is 0 Å². The van der Waals surface area contributed by atoms with Crippen LogP contribution in [0.4, 0.5) is 5.69 Å². The molecule has 112 valence electrons. The van der Waals surface area contributed by atoms with Crippen molar-refractivity contribution in [2.45, 2.75) is 25.4 Å². The van der Waals surface area contributed by atoms with Crippen molar-refractivity contribution in [1.29, 1.82) is 0 Å². The minimum absolute atomic E-state index is 0.0244. The zero-order chi connectivity index (χ0) is 15.2. The molecular formula is C15H18N2O4. The number of carbonyl (C=O) groups excluding carboxylic acids is 1. The lowest BCUT2D eigenvalue weighted by Gasteiger charge is -2.09. The van der Waals surface area contributed by atoms with Crippen LogP contribution in [-0.4, -0.2) is 28.6 Å². The third-order valence-corrected chi connectivity index (χ3v) is 3.61. The Hall–Kier alpha value is -2.21. The van der Waals surface area contributed by atoms with Gasteiger partial charge in [0.05, 0.1) is 11.0 Å². The third kappa shape index (κ3) is 4.68. The number of nitrogens with zero attached hydrogens (tertiary/aromatic N) is 1. The molecule has 0 bridgehead atoms. The summed E-state index contributed by atoms with van der Waals surface area (Å²) in [5.74, 6) is 0.145. The second kappa shape index (κ2) is 6.99. The van der Waals surface area contributed by atoms with Gasteiger partial charge < -0.3 is 10.4 Å². The van der Waals surface area contributed by atoms with Crippen LogP contribution < -0.4 is 5.32 Å². The van der Waals surface area contributed by atoms with Crippen molar-refractivity contribution in [1.82, 2.24) is 5.32 Å². The smallest absolute Gasteiger partial charge is 0.269 e. The van der Waals surface area contributed by atoms with Crippen LogP contribution in [0.15, 0.2) is 30.3 Å². The van der Waals surface area contributed by atoms with Crippen molar-refractivity contribution < 1.29 is 14.8 Å². The highest BCUT2D eigenvalue weighted by Gasteiger charge is 2.22. The van der Waals surface area contributed by atoms with E-state index in [1.807, 2.05) is 0 Å². The van der Waals surface area contributed by atoms with Gasteiger partial charge in [-0.25, -0.2) is 0 Å². The second-order valence-electron chi connectivity index (χ2n) is 5.26. The molecule has 6 heteroatoms. The number of benzene rings is 1. The number of non-ortho nitro benzene ring substituents is 1. The summed E-state index contributed by atoms with van der Waals surface area (Å²) >= 11 is 0. The molecule has 1 aromatic rings. The molecule has 2 unspecified atom stereocenters. The molecule has 0 heterocycles. The molecule has 1 amide bonds. The Labute approximate surface area is 122 Å². The van der Waals surface area contributed by atoms with Crippen molar-refractivity contribution in [3.05, 3.63) is 46.0 Å². The molecule has 0 spiro atoms. The van der Waals surface area contributed by atoms with Gasteiger partial charge in [0.25, 0.3) is 5.69 Å². The van der Waals surface area contributed by atoms with Gasteiger partial charge in [-0.05, 0) is 49.0 Å². The lowest BCUT2D eigenvalue weighted by molar-refractivity contribution is -0.384. The van der Waals surface area contributed by atoms with E-state index in [0.29, 0.717) is 12.5 Å². The lowest BCUT2D eigenvalue weighted by Crippen LogP contribution is -2.26. The van der Waals surface area contributed by atoms with E-state index in [2.05, 4.69) is 5.32 Å². The first kappa shape index (κ1) is 15.2. The van der Waals surface area contributed by atoms with Crippen molar-refractivity contribution in [3.8, 4) is 0 Å². The Morgan fingerprint density at radius 3 is 2.67 bits per heavy atom. The molecule has 1 aliphatic carbocycles. The molecule has 2 N–H and O–H groups in total.